The van der Waals surface area contributed by atoms with Gasteiger partial charge in [0.25, 0.3) is 0 Å². The third kappa shape index (κ3) is 4.10. The van der Waals surface area contributed by atoms with Crippen molar-refractivity contribution in [1.29, 1.82) is 0 Å². The average molecular weight is 330 g/mol. The summed E-state index contributed by atoms with van der Waals surface area (Å²) in [6.07, 6.45) is 3.11. The molecule has 1 amide bonds. The fraction of sp³-hybridized carbons (Fsp3) is 0.333. The molecule has 0 bridgehead atoms. The van der Waals surface area contributed by atoms with Gasteiger partial charge in [0.05, 0.1) is 23.3 Å². The normalized spacial score (nSPS) is 12.4. The van der Waals surface area contributed by atoms with E-state index in [2.05, 4.69) is 25.4 Å². The van der Waals surface area contributed by atoms with E-state index in [-0.39, 0.29) is 11.9 Å². The number of nitrogens with zero attached hydrogens (tertiary/aromatic N) is 4. The van der Waals surface area contributed by atoms with E-state index in [4.69, 9.17) is 0 Å². The number of aromatic amines is 1. The minimum Gasteiger partial charge on any atom is -0.351 e. The molecular weight excluding hydrogens is 312 g/mol. The smallest absolute Gasteiger partial charge is 0.230 e. The van der Waals surface area contributed by atoms with Gasteiger partial charge < -0.3 is 10.3 Å². The van der Waals surface area contributed by atoms with Gasteiger partial charge in [0.1, 0.15) is 12.7 Å². The van der Waals surface area contributed by atoms with Gasteiger partial charge in [0.2, 0.25) is 5.91 Å². The second kappa shape index (κ2) is 6.82. The minimum absolute atomic E-state index is 0.0110. The van der Waals surface area contributed by atoms with Gasteiger partial charge in [-0.2, -0.15) is 5.10 Å². The van der Waals surface area contributed by atoms with Gasteiger partial charge in [0.15, 0.2) is 5.16 Å². The Hall–Kier alpha value is -2.35. The molecular formula is C15H18N6OS. The first-order chi connectivity index (χ1) is 11.1. The van der Waals surface area contributed by atoms with Crippen LogP contribution < -0.4 is 5.32 Å². The van der Waals surface area contributed by atoms with Crippen LogP contribution in [0.4, 0.5) is 0 Å². The van der Waals surface area contributed by atoms with Crippen molar-refractivity contribution in [3.05, 3.63) is 36.4 Å². The number of aromatic nitrogens is 5. The number of hydrogen-bond donors (Lipinski definition) is 2. The molecule has 0 saturated carbocycles. The molecule has 1 atom stereocenters. The van der Waals surface area contributed by atoms with Crippen LogP contribution in [0.3, 0.4) is 0 Å². The van der Waals surface area contributed by atoms with Crippen molar-refractivity contribution in [1.82, 2.24) is 30.0 Å². The quantitative estimate of drug-likeness (QED) is 0.672. The molecule has 0 aliphatic carbocycles. The van der Waals surface area contributed by atoms with Gasteiger partial charge in [-0.25, -0.2) is 9.97 Å². The second-order valence-electron chi connectivity index (χ2n) is 5.44. The molecule has 0 aliphatic heterocycles. The van der Waals surface area contributed by atoms with Crippen molar-refractivity contribution >= 4 is 28.7 Å². The Morgan fingerprint density at radius 1 is 1.48 bits per heavy atom. The monoisotopic (exact) mass is 330 g/mol. The fourth-order valence-corrected chi connectivity index (χ4v) is 2.97. The number of H-pyrrole nitrogens is 1. The summed E-state index contributed by atoms with van der Waals surface area (Å²) in [5.41, 5.74) is 3.09. The van der Waals surface area contributed by atoms with Crippen LogP contribution in [0.2, 0.25) is 0 Å². The molecule has 0 radical (unpaired) electrons. The van der Waals surface area contributed by atoms with E-state index in [1.54, 1.807) is 11.0 Å². The van der Waals surface area contributed by atoms with E-state index < -0.39 is 0 Å². The zero-order chi connectivity index (χ0) is 16.2. The van der Waals surface area contributed by atoms with E-state index in [9.17, 15) is 4.79 Å². The Morgan fingerprint density at radius 3 is 3.13 bits per heavy atom. The van der Waals surface area contributed by atoms with E-state index in [1.807, 2.05) is 32.0 Å². The van der Waals surface area contributed by atoms with Crippen molar-refractivity contribution in [3.8, 4) is 0 Å². The van der Waals surface area contributed by atoms with Gasteiger partial charge in [-0.1, -0.05) is 17.8 Å². The van der Waals surface area contributed by atoms with E-state index in [1.165, 1.54) is 23.7 Å². The highest BCUT2D eigenvalue weighted by molar-refractivity contribution is 7.99. The number of carbonyl (C=O) groups excluding carboxylic acids is 1. The largest absolute Gasteiger partial charge is 0.351 e. The van der Waals surface area contributed by atoms with Crippen LogP contribution >= 0.6 is 11.8 Å². The lowest BCUT2D eigenvalue weighted by molar-refractivity contribution is -0.119. The number of imidazole rings is 1. The molecule has 0 saturated heterocycles. The van der Waals surface area contributed by atoms with Gasteiger partial charge in [-0.3, -0.25) is 9.48 Å². The van der Waals surface area contributed by atoms with Gasteiger partial charge in [0, 0.05) is 6.04 Å². The summed E-state index contributed by atoms with van der Waals surface area (Å²) in [5.74, 6) is 0.291. The summed E-state index contributed by atoms with van der Waals surface area (Å²) < 4.78 is 1.69. The number of rotatable bonds is 6. The SMILES string of the molecule is Cc1ccc2nc(SCC(=O)N[C@H](C)Cn3cncn3)[nH]c2c1. The minimum atomic E-state index is -0.0285. The standard InChI is InChI=1S/C15H18N6OS/c1-10-3-4-12-13(5-10)20-15(19-12)23-7-14(22)18-11(2)6-21-9-16-8-17-21/h3-5,8-9,11H,6-7H2,1-2H3,(H,18,22)(H,19,20)/t11-/m1/s1. The van der Waals surface area contributed by atoms with Gasteiger partial charge in [-0.15, -0.1) is 0 Å². The Bertz CT molecular complexity index is 798. The number of aryl methyl sites for hydroxylation is 1. The zero-order valence-corrected chi connectivity index (χ0v) is 13.8. The van der Waals surface area contributed by atoms with Crippen molar-refractivity contribution in [2.45, 2.75) is 31.6 Å². The maximum atomic E-state index is 12.0. The molecule has 0 fully saturated rings. The van der Waals surface area contributed by atoms with Crippen LogP contribution in [0, 0.1) is 6.92 Å². The summed E-state index contributed by atoms with van der Waals surface area (Å²) in [4.78, 5) is 23.6. The zero-order valence-electron chi connectivity index (χ0n) is 13.0. The number of nitrogens with one attached hydrogen (secondary N) is 2. The molecule has 1 aromatic carbocycles. The van der Waals surface area contributed by atoms with Crippen molar-refractivity contribution in [2.75, 3.05) is 5.75 Å². The number of carbonyl (C=O) groups is 1. The highest BCUT2D eigenvalue weighted by Crippen LogP contribution is 2.20. The maximum Gasteiger partial charge on any atom is 0.230 e. The van der Waals surface area contributed by atoms with Gasteiger partial charge in [-0.05, 0) is 31.5 Å². The Balaban J connectivity index is 1.51. The molecule has 3 aromatic rings. The lowest BCUT2D eigenvalue weighted by atomic mass is 10.2. The summed E-state index contributed by atoms with van der Waals surface area (Å²) in [5, 5.41) is 7.72. The Labute approximate surface area is 137 Å². The summed E-state index contributed by atoms with van der Waals surface area (Å²) in [6, 6.07) is 6.04. The first kappa shape index (κ1) is 15.5. The lowest BCUT2D eigenvalue weighted by Crippen LogP contribution is -2.36. The van der Waals surface area contributed by atoms with E-state index in [0.717, 1.165) is 16.2 Å². The van der Waals surface area contributed by atoms with Crippen LogP contribution in [0.15, 0.2) is 36.0 Å². The maximum absolute atomic E-state index is 12.0. The van der Waals surface area contributed by atoms with E-state index >= 15 is 0 Å². The van der Waals surface area contributed by atoms with Gasteiger partial charge >= 0.3 is 0 Å². The predicted octanol–water partition coefficient (Wildman–Crippen LogP) is 1.76. The summed E-state index contributed by atoms with van der Waals surface area (Å²) in [6.45, 7) is 4.57. The molecule has 0 spiro atoms. The molecule has 23 heavy (non-hydrogen) atoms. The third-order valence-corrected chi connectivity index (χ3v) is 4.16. The highest BCUT2D eigenvalue weighted by Gasteiger charge is 2.10. The summed E-state index contributed by atoms with van der Waals surface area (Å²) >= 11 is 1.40. The van der Waals surface area contributed by atoms with Crippen LogP contribution in [0.25, 0.3) is 11.0 Å². The number of thioether (sulfide) groups is 1. The fourth-order valence-electron chi connectivity index (χ4n) is 2.27. The first-order valence-corrected chi connectivity index (χ1v) is 8.29. The molecule has 7 nitrogen and oxygen atoms in total. The van der Waals surface area contributed by atoms with E-state index in [0.29, 0.717) is 12.3 Å². The molecule has 8 heteroatoms. The highest BCUT2D eigenvalue weighted by atomic mass is 32.2. The molecule has 2 N–H and O–H groups in total. The third-order valence-electron chi connectivity index (χ3n) is 3.29. The average Bonchev–Trinajstić information content (AvgIpc) is 3.13. The van der Waals surface area contributed by atoms with Crippen LogP contribution in [0.5, 0.6) is 0 Å². The first-order valence-electron chi connectivity index (χ1n) is 7.31. The Kier molecular flexibility index (Phi) is 4.61. The number of hydrogen-bond acceptors (Lipinski definition) is 5. The number of fused-ring (bicyclic) bond motifs is 1. The molecule has 2 heterocycles. The van der Waals surface area contributed by atoms with Crippen LogP contribution in [0.1, 0.15) is 12.5 Å². The van der Waals surface area contributed by atoms with Crippen molar-refractivity contribution in [3.63, 3.8) is 0 Å². The predicted molar refractivity (Wildman–Crippen MR) is 89.2 cm³/mol. The molecule has 120 valence electrons. The summed E-state index contributed by atoms with van der Waals surface area (Å²) in [7, 11) is 0. The Morgan fingerprint density at radius 2 is 2.35 bits per heavy atom. The van der Waals surface area contributed by atoms with Crippen molar-refractivity contribution < 1.29 is 4.79 Å². The van der Waals surface area contributed by atoms with Crippen LogP contribution in [-0.2, 0) is 11.3 Å². The molecule has 3 rings (SSSR count). The molecule has 0 unspecified atom stereocenters. The molecule has 2 aromatic heterocycles. The second-order valence-corrected chi connectivity index (χ2v) is 6.40. The number of amides is 1. The topological polar surface area (TPSA) is 88.5 Å². The number of benzene rings is 1. The van der Waals surface area contributed by atoms with Crippen molar-refractivity contribution in [2.24, 2.45) is 0 Å². The lowest BCUT2D eigenvalue weighted by Gasteiger charge is -2.13. The van der Waals surface area contributed by atoms with Crippen LogP contribution in [-0.4, -0.2) is 42.4 Å². The molecule has 0 aliphatic rings.